The van der Waals surface area contributed by atoms with Crippen LogP contribution in [-0.4, -0.2) is 27.0 Å². The van der Waals surface area contributed by atoms with E-state index in [9.17, 15) is 9.65 Å². The lowest BCUT2D eigenvalue weighted by atomic mass is 10.1. The van der Waals surface area contributed by atoms with Gasteiger partial charge in [0, 0.05) is 24.4 Å². The van der Waals surface area contributed by atoms with Crippen molar-refractivity contribution in [1.82, 2.24) is 14.8 Å². The molecule has 1 fully saturated rings. The number of rotatable bonds is 0. The summed E-state index contributed by atoms with van der Waals surface area (Å²) in [6.45, 7) is 2.03. The molecule has 3 aromatic rings. The second kappa shape index (κ2) is 6.87. The van der Waals surface area contributed by atoms with Gasteiger partial charge in [-0.3, -0.25) is 4.68 Å². The van der Waals surface area contributed by atoms with E-state index in [-0.39, 0.29) is 18.2 Å². The number of benzene rings is 1. The van der Waals surface area contributed by atoms with Gasteiger partial charge in [-0.1, -0.05) is 0 Å². The molecule has 5 rings (SSSR count). The third kappa shape index (κ3) is 3.30. The maximum Gasteiger partial charge on any atom is 0.242 e. The third-order valence-corrected chi connectivity index (χ3v) is 5.61. The molecule has 2 aliphatic rings. The van der Waals surface area contributed by atoms with Crippen molar-refractivity contribution in [3.63, 3.8) is 0 Å². The van der Waals surface area contributed by atoms with E-state index in [0.29, 0.717) is 39.8 Å². The van der Waals surface area contributed by atoms with Crippen LogP contribution in [0.1, 0.15) is 37.1 Å². The molecule has 2 aromatic heterocycles. The number of anilines is 1. The molecule has 31 heavy (non-hydrogen) atoms. The van der Waals surface area contributed by atoms with E-state index in [1.165, 1.54) is 16.8 Å². The molecule has 1 spiro atoms. The molecule has 1 aromatic carbocycles. The lowest BCUT2D eigenvalue weighted by Crippen LogP contribution is -2.28. The Morgan fingerprint density at radius 3 is 2.84 bits per heavy atom. The summed E-state index contributed by atoms with van der Waals surface area (Å²) in [5, 5.41) is 14.1. The number of nitrogen functional groups attached to an aromatic ring is 1. The lowest BCUT2D eigenvalue weighted by Gasteiger charge is -2.23. The van der Waals surface area contributed by atoms with Crippen LogP contribution in [0.5, 0.6) is 17.4 Å². The molecule has 158 valence electrons. The standard InChI is InChI=1S/C22H20FN5O3/c1-12-15-8-14(23)3-4-17(15)31-22(5-6-22)11-29-21-19(16(9-24)28(2)27-21)13-7-18(30-12)20(25)26-10-13/h3-4,7-8,10,12H,5-6,11H2,1-2H3,(H2,25,26)/t12-/m1/s1. The smallest absolute Gasteiger partial charge is 0.242 e. The maximum atomic E-state index is 14.0. The highest BCUT2D eigenvalue weighted by Gasteiger charge is 2.47. The van der Waals surface area contributed by atoms with E-state index in [1.54, 1.807) is 32.3 Å². The Bertz CT molecular complexity index is 1230. The average molecular weight is 421 g/mol. The molecule has 9 heteroatoms. The molecule has 0 saturated heterocycles. The first-order valence-corrected chi connectivity index (χ1v) is 9.90. The quantitative estimate of drug-likeness (QED) is 0.592. The van der Waals surface area contributed by atoms with Gasteiger partial charge in [-0.25, -0.2) is 9.37 Å². The maximum absolute atomic E-state index is 14.0. The van der Waals surface area contributed by atoms with Gasteiger partial charge in [0.05, 0.1) is 5.56 Å². The predicted molar refractivity (Wildman–Crippen MR) is 109 cm³/mol. The Morgan fingerprint density at radius 1 is 1.29 bits per heavy atom. The molecule has 8 nitrogen and oxygen atoms in total. The summed E-state index contributed by atoms with van der Waals surface area (Å²) in [4.78, 5) is 4.23. The first kappa shape index (κ1) is 19.2. The summed E-state index contributed by atoms with van der Waals surface area (Å²) in [5.41, 5.74) is 7.48. The number of pyridine rings is 1. The van der Waals surface area contributed by atoms with Gasteiger partial charge in [-0.15, -0.1) is 5.10 Å². The van der Waals surface area contributed by atoms with Gasteiger partial charge in [-0.2, -0.15) is 5.26 Å². The highest BCUT2D eigenvalue weighted by Crippen LogP contribution is 2.45. The van der Waals surface area contributed by atoms with Crippen LogP contribution in [0.4, 0.5) is 10.2 Å². The predicted octanol–water partition coefficient (Wildman–Crippen LogP) is 3.52. The Morgan fingerprint density at radius 2 is 2.10 bits per heavy atom. The third-order valence-electron chi connectivity index (χ3n) is 5.61. The summed E-state index contributed by atoms with van der Waals surface area (Å²) >= 11 is 0. The minimum absolute atomic E-state index is 0.174. The van der Waals surface area contributed by atoms with Gasteiger partial charge < -0.3 is 19.9 Å². The number of nitriles is 1. The molecule has 2 N–H and O–H groups in total. The monoisotopic (exact) mass is 421 g/mol. The zero-order valence-electron chi connectivity index (χ0n) is 17.1. The van der Waals surface area contributed by atoms with Crippen molar-refractivity contribution in [3.05, 3.63) is 47.5 Å². The Hall–Kier alpha value is -3.80. The van der Waals surface area contributed by atoms with E-state index in [0.717, 1.165) is 12.8 Å². The molecule has 3 heterocycles. The van der Waals surface area contributed by atoms with E-state index >= 15 is 0 Å². The van der Waals surface area contributed by atoms with Crippen molar-refractivity contribution in [2.75, 3.05) is 12.3 Å². The van der Waals surface area contributed by atoms with Crippen LogP contribution in [-0.2, 0) is 7.05 Å². The van der Waals surface area contributed by atoms with Gasteiger partial charge in [0.15, 0.2) is 11.6 Å². The zero-order chi connectivity index (χ0) is 21.8. The SMILES string of the molecule is C[C@H]1Oc2cc(cnc2N)-c2c(nn(C)c2C#N)OCC2(CC2)Oc2ccc(F)cc21. The summed E-state index contributed by atoms with van der Waals surface area (Å²) in [7, 11) is 1.68. The van der Waals surface area contributed by atoms with Crippen molar-refractivity contribution in [1.29, 1.82) is 5.26 Å². The topological polar surface area (TPSA) is 108 Å². The summed E-state index contributed by atoms with van der Waals surface area (Å²) in [6.07, 6.45) is 2.56. The van der Waals surface area contributed by atoms with Crippen LogP contribution < -0.4 is 19.9 Å². The zero-order valence-corrected chi connectivity index (χ0v) is 17.1. The van der Waals surface area contributed by atoms with Gasteiger partial charge in [0.1, 0.15) is 41.6 Å². The number of hydrogen-bond donors (Lipinski definition) is 1. The average Bonchev–Trinajstić information content (AvgIpc) is 3.43. The number of halogens is 1. The second-order valence-electron chi connectivity index (χ2n) is 7.89. The van der Waals surface area contributed by atoms with Crippen molar-refractivity contribution in [3.8, 4) is 34.6 Å². The van der Waals surface area contributed by atoms with Gasteiger partial charge in [0.2, 0.25) is 5.88 Å². The summed E-state index contributed by atoms with van der Waals surface area (Å²) < 4.78 is 33.9. The highest BCUT2D eigenvalue weighted by atomic mass is 19.1. The molecule has 1 atom stereocenters. The van der Waals surface area contributed by atoms with Crippen molar-refractivity contribution < 1.29 is 18.6 Å². The van der Waals surface area contributed by atoms with Crippen LogP contribution in [0.25, 0.3) is 11.1 Å². The fourth-order valence-corrected chi connectivity index (χ4v) is 3.71. The molecular formula is C22H20FN5O3. The second-order valence-corrected chi connectivity index (χ2v) is 7.89. The van der Waals surface area contributed by atoms with Gasteiger partial charge in [-0.05, 0) is 44.0 Å². The Balaban J connectivity index is 1.68. The van der Waals surface area contributed by atoms with Crippen LogP contribution in [0.3, 0.4) is 0 Å². The van der Waals surface area contributed by atoms with Crippen molar-refractivity contribution in [2.45, 2.75) is 31.5 Å². The van der Waals surface area contributed by atoms with E-state index in [2.05, 4.69) is 16.2 Å². The van der Waals surface area contributed by atoms with Crippen LogP contribution in [0, 0.1) is 17.1 Å². The minimum Gasteiger partial charge on any atom is -0.483 e. The van der Waals surface area contributed by atoms with Gasteiger partial charge >= 0.3 is 0 Å². The largest absolute Gasteiger partial charge is 0.483 e. The van der Waals surface area contributed by atoms with Crippen molar-refractivity contribution in [2.24, 2.45) is 7.05 Å². The molecule has 1 aliphatic carbocycles. The molecule has 0 amide bonds. The highest BCUT2D eigenvalue weighted by molar-refractivity contribution is 5.75. The number of fused-ring (bicyclic) bond motifs is 5. The molecule has 2 bridgehead atoms. The van der Waals surface area contributed by atoms with E-state index < -0.39 is 11.7 Å². The number of aryl methyl sites for hydroxylation is 1. The molecule has 1 saturated carbocycles. The van der Waals surface area contributed by atoms with Crippen LogP contribution in [0.2, 0.25) is 0 Å². The summed E-state index contributed by atoms with van der Waals surface area (Å²) in [6, 6.07) is 8.20. The first-order chi connectivity index (χ1) is 14.9. The fraction of sp³-hybridized carbons (Fsp3) is 0.318. The number of hydrogen-bond acceptors (Lipinski definition) is 7. The lowest BCUT2D eigenvalue weighted by molar-refractivity contribution is 0.101. The van der Waals surface area contributed by atoms with Crippen molar-refractivity contribution >= 4 is 5.82 Å². The Kier molecular flexibility index (Phi) is 4.25. The molecular weight excluding hydrogens is 401 g/mol. The van der Waals surface area contributed by atoms with Crippen LogP contribution >= 0.6 is 0 Å². The molecule has 1 aliphatic heterocycles. The normalized spacial score (nSPS) is 18.6. The Labute approximate surface area is 178 Å². The number of nitrogens with two attached hydrogens (primary N) is 1. The minimum atomic E-state index is -0.564. The number of aromatic nitrogens is 3. The molecule has 0 radical (unpaired) electrons. The van der Waals surface area contributed by atoms with Gasteiger partial charge in [0.25, 0.3) is 0 Å². The number of ether oxygens (including phenoxy) is 3. The fourth-order valence-electron chi connectivity index (χ4n) is 3.71. The van der Waals surface area contributed by atoms with Crippen LogP contribution in [0.15, 0.2) is 30.5 Å². The van der Waals surface area contributed by atoms with E-state index in [4.69, 9.17) is 19.9 Å². The van der Waals surface area contributed by atoms with E-state index in [1.807, 2.05) is 0 Å². The first-order valence-electron chi connectivity index (χ1n) is 9.90. The number of nitrogens with zero attached hydrogens (tertiary/aromatic N) is 4. The summed E-state index contributed by atoms with van der Waals surface area (Å²) in [5.74, 6) is 0.917. The molecule has 0 unspecified atom stereocenters.